The summed E-state index contributed by atoms with van der Waals surface area (Å²) in [5.74, 6) is -0.958. The molecule has 0 spiro atoms. The predicted molar refractivity (Wildman–Crippen MR) is 95.4 cm³/mol. The van der Waals surface area contributed by atoms with Crippen LogP contribution >= 0.6 is 12.2 Å². The minimum atomic E-state index is -0.442. The summed E-state index contributed by atoms with van der Waals surface area (Å²) in [6.45, 7) is 1.76. The van der Waals surface area contributed by atoms with Gasteiger partial charge in [-0.3, -0.25) is 14.9 Å². The number of rotatable bonds is 4. The molecule has 7 heteroatoms. The molecule has 0 unspecified atom stereocenters. The van der Waals surface area contributed by atoms with E-state index in [0.29, 0.717) is 23.4 Å². The van der Waals surface area contributed by atoms with Gasteiger partial charge in [0.1, 0.15) is 5.82 Å². The Hall–Kier alpha value is -2.80. The fourth-order valence-corrected chi connectivity index (χ4v) is 2.07. The Morgan fingerprint density at radius 1 is 1.04 bits per heavy atom. The molecule has 0 saturated heterocycles. The molecule has 0 aliphatic heterocycles. The van der Waals surface area contributed by atoms with E-state index < -0.39 is 11.7 Å². The monoisotopic (exact) mass is 345 g/mol. The van der Waals surface area contributed by atoms with Crippen LogP contribution in [0.1, 0.15) is 23.7 Å². The molecule has 5 nitrogen and oxygen atoms in total. The van der Waals surface area contributed by atoms with Crippen molar-refractivity contribution in [3.8, 4) is 0 Å². The van der Waals surface area contributed by atoms with E-state index in [1.807, 2.05) is 0 Å². The Labute approximate surface area is 144 Å². The highest BCUT2D eigenvalue weighted by Crippen LogP contribution is 2.15. The van der Waals surface area contributed by atoms with Crippen LogP contribution in [0.15, 0.2) is 48.5 Å². The molecule has 2 aromatic rings. The van der Waals surface area contributed by atoms with E-state index in [0.717, 1.165) is 0 Å². The maximum Gasteiger partial charge on any atom is 0.257 e. The van der Waals surface area contributed by atoms with Gasteiger partial charge in [0, 0.05) is 23.4 Å². The number of anilines is 2. The van der Waals surface area contributed by atoms with E-state index in [9.17, 15) is 14.0 Å². The van der Waals surface area contributed by atoms with Gasteiger partial charge in [0.25, 0.3) is 5.91 Å². The van der Waals surface area contributed by atoms with Gasteiger partial charge in [0.15, 0.2) is 5.11 Å². The highest BCUT2D eigenvalue weighted by atomic mass is 32.1. The van der Waals surface area contributed by atoms with Gasteiger partial charge in [-0.2, -0.15) is 0 Å². The SMILES string of the molecule is CCC(=O)Nc1cccc(NC(=S)NC(=O)c2ccc(F)cc2)c1. The summed E-state index contributed by atoms with van der Waals surface area (Å²) in [4.78, 5) is 23.4. The Morgan fingerprint density at radius 2 is 1.67 bits per heavy atom. The van der Waals surface area contributed by atoms with Crippen LogP contribution in [0.25, 0.3) is 0 Å². The summed E-state index contributed by atoms with van der Waals surface area (Å²) in [5.41, 5.74) is 1.54. The summed E-state index contributed by atoms with van der Waals surface area (Å²) in [7, 11) is 0. The highest BCUT2D eigenvalue weighted by Gasteiger charge is 2.08. The molecule has 0 fully saturated rings. The second-order valence-corrected chi connectivity index (χ2v) is 5.31. The molecule has 2 rings (SSSR count). The average molecular weight is 345 g/mol. The van der Waals surface area contributed by atoms with Crippen LogP contribution < -0.4 is 16.0 Å². The van der Waals surface area contributed by atoms with Crippen molar-refractivity contribution in [1.29, 1.82) is 0 Å². The number of thiocarbonyl (C=S) groups is 1. The lowest BCUT2D eigenvalue weighted by molar-refractivity contribution is -0.115. The number of hydrogen-bond acceptors (Lipinski definition) is 3. The van der Waals surface area contributed by atoms with Crippen molar-refractivity contribution in [3.05, 3.63) is 59.9 Å². The first-order chi connectivity index (χ1) is 11.5. The molecule has 0 heterocycles. The van der Waals surface area contributed by atoms with Crippen molar-refractivity contribution in [2.45, 2.75) is 13.3 Å². The zero-order chi connectivity index (χ0) is 17.5. The number of benzene rings is 2. The smallest absolute Gasteiger partial charge is 0.257 e. The van der Waals surface area contributed by atoms with Crippen molar-refractivity contribution in [2.24, 2.45) is 0 Å². The summed E-state index contributed by atoms with van der Waals surface area (Å²) in [6.07, 6.45) is 0.379. The summed E-state index contributed by atoms with van der Waals surface area (Å²) in [6, 6.07) is 12.1. The Bertz CT molecular complexity index is 763. The normalized spacial score (nSPS) is 9.92. The number of carbonyl (C=O) groups excluding carboxylic acids is 2. The zero-order valence-corrected chi connectivity index (χ0v) is 13.7. The number of halogens is 1. The standard InChI is InChI=1S/C17H16FN3O2S/c1-2-15(22)19-13-4-3-5-14(10-13)20-17(24)21-16(23)11-6-8-12(18)9-7-11/h3-10H,2H2,1H3,(H,19,22)(H2,20,21,23,24). The molecule has 0 aliphatic rings. The first-order valence-corrected chi connectivity index (χ1v) is 7.66. The molecular formula is C17H16FN3O2S. The number of hydrogen-bond donors (Lipinski definition) is 3. The first kappa shape index (κ1) is 17.6. The lowest BCUT2D eigenvalue weighted by atomic mass is 10.2. The number of nitrogens with one attached hydrogen (secondary N) is 3. The lowest BCUT2D eigenvalue weighted by Gasteiger charge is -2.11. The Morgan fingerprint density at radius 3 is 2.29 bits per heavy atom. The minimum Gasteiger partial charge on any atom is -0.332 e. The van der Waals surface area contributed by atoms with Gasteiger partial charge in [-0.1, -0.05) is 13.0 Å². The van der Waals surface area contributed by atoms with Gasteiger partial charge < -0.3 is 10.6 Å². The highest BCUT2D eigenvalue weighted by molar-refractivity contribution is 7.80. The molecule has 0 saturated carbocycles. The average Bonchev–Trinajstić information content (AvgIpc) is 2.55. The van der Waals surface area contributed by atoms with E-state index in [1.54, 1.807) is 31.2 Å². The third-order valence-corrected chi connectivity index (χ3v) is 3.26. The molecule has 0 aromatic heterocycles. The van der Waals surface area contributed by atoms with Gasteiger partial charge in [-0.05, 0) is 54.7 Å². The van der Waals surface area contributed by atoms with E-state index in [4.69, 9.17) is 12.2 Å². The number of carbonyl (C=O) groups is 2. The predicted octanol–water partition coefficient (Wildman–Crippen LogP) is 3.30. The second-order valence-electron chi connectivity index (χ2n) is 4.90. The summed E-state index contributed by atoms with van der Waals surface area (Å²) in [5, 5.41) is 8.20. The van der Waals surface area contributed by atoms with Gasteiger partial charge in [0.2, 0.25) is 5.91 Å². The molecule has 24 heavy (non-hydrogen) atoms. The largest absolute Gasteiger partial charge is 0.332 e. The topological polar surface area (TPSA) is 70.2 Å². The molecular weight excluding hydrogens is 329 g/mol. The van der Waals surface area contributed by atoms with Gasteiger partial charge in [0.05, 0.1) is 0 Å². The molecule has 3 N–H and O–H groups in total. The van der Waals surface area contributed by atoms with Crippen molar-refractivity contribution >= 4 is 40.5 Å². The van der Waals surface area contributed by atoms with E-state index in [2.05, 4.69) is 16.0 Å². The summed E-state index contributed by atoms with van der Waals surface area (Å²) >= 11 is 5.09. The maximum absolute atomic E-state index is 12.9. The zero-order valence-electron chi connectivity index (χ0n) is 12.9. The van der Waals surface area contributed by atoms with Gasteiger partial charge in [-0.25, -0.2) is 4.39 Å². The molecule has 0 atom stereocenters. The Balaban J connectivity index is 1.96. The Kier molecular flexibility index (Phi) is 5.97. The first-order valence-electron chi connectivity index (χ1n) is 7.25. The van der Waals surface area contributed by atoms with Crippen molar-refractivity contribution in [2.75, 3.05) is 10.6 Å². The fourth-order valence-electron chi connectivity index (χ4n) is 1.86. The fraction of sp³-hybridized carbons (Fsp3) is 0.118. The molecule has 0 radical (unpaired) electrons. The number of amides is 2. The maximum atomic E-state index is 12.9. The van der Waals surface area contributed by atoms with Gasteiger partial charge in [-0.15, -0.1) is 0 Å². The van der Waals surface area contributed by atoms with Crippen LogP contribution in [0.5, 0.6) is 0 Å². The second kappa shape index (κ2) is 8.16. The van der Waals surface area contributed by atoms with Crippen molar-refractivity contribution < 1.29 is 14.0 Å². The quantitative estimate of drug-likeness (QED) is 0.744. The molecule has 0 bridgehead atoms. The van der Waals surface area contributed by atoms with E-state index in [-0.39, 0.29) is 11.0 Å². The van der Waals surface area contributed by atoms with Crippen molar-refractivity contribution in [3.63, 3.8) is 0 Å². The van der Waals surface area contributed by atoms with E-state index >= 15 is 0 Å². The third-order valence-electron chi connectivity index (χ3n) is 3.06. The van der Waals surface area contributed by atoms with Crippen LogP contribution in [0.2, 0.25) is 0 Å². The molecule has 2 aromatic carbocycles. The van der Waals surface area contributed by atoms with Crippen LogP contribution in [-0.4, -0.2) is 16.9 Å². The van der Waals surface area contributed by atoms with Crippen LogP contribution in [0, 0.1) is 5.82 Å². The van der Waals surface area contributed by atoms with Crippen LogP contribution in [-0.2, 0) is 4.79 Å². The van der Waals surface area contributed by atoms with Gasteiger partial charge >= 0.3 is 0 Å². The lowest BCUT2D eigenvalue weighted by Crippen LogP contribution is -2.34. The van der Waals surface area contributed by atoms with E-state index in [1.165, 1.54) is 24.3 Å². The molecule has 2 amide bonds. The van der Waals surface area contributed by atoms with Crippen LogP contribution in [0.3, 0.4) is 0 Å². The molecule has 124 valence electrons. The third kappa shape index (κ3) is 5.13. The minimum absolute atomic E-state index is 0.0978. The van der Waals surface area contributed by atoms with Crippen LogP contribution in [0.4, 0.5) is 15.8 Å². The van der Waals surface area contributed by atoms with Crippen molar-refractivity contribution in [1.82, 2.24) is 5.32 Å². The summed E-state index contributed by atoms with van der Waals surface area (Å²) < 4.78 is 12.9. The molecule has 0 aliphatic carbocycles.